The standard InChI is InChI=1S/C18H14Cl3N3O3/c19-18(20,21)17(23-10-11-4-3-7-22-9-11)24-15(25)13-8-12-5-1-2-6-14(12)27-16(13)26/h1-9,17,23H,10H2,(H,24,25). The van der Waals surface area contributed by atoms with Crippen molar-refractivity contribution < 1.29 is 9.21 Å². The largest absolute Gasteiger partial charge is 0.422 e. The Kier molecular flexibility index (Phi) is 6.01. The minimum absolute atomic E-state index is 0.184. The fourth-order valence-electron chi connectivity index (χ4n) is 2.40. The Morgan fingerprint density at radius 3 is 2.67 bits per heavy atom. The summed E-state index contributed by atoms with van der Waals surface area (Å²) in [6, 6.07) is 11.9. The van der Waals surface area contributed by atoms with Crippen LogP contribution in [0.5, 0.6) is 0 Å². The average Bonchev–Trinajstić information content (AvgIpc) is 2.64. The summed E-state index contributed by atoms with van der Waals surface area (Å²) in [5, 5.41) is 6.06. The number of carbonyl (C=O) groups is 1. The fourth-order valence-corrected chi connectivity index (χ4v) is 2.80. The van der Waals surface area contributed by atoms with Crippen LogP contribution in [0.3, 0.4) is 0 Å². The van der Waals surface area contributed by atoms with E-state index < -0.39 is 21.5 Å². The minimum Gasteiger partial charge on any atom is -0.422 e. The lowest BCUT2D eigenvalue weighted by Gasteiger charge is -2.26. The molecule has 0 radical (unpaired) electrons. The summed E-state index contributed by atoms with van der Waals surface area (Å²) in [6.45, 7) is 0.291. The van der Waals surface area contributed by atoms with Crippen LogP contribution in [0.4, 0.5) is 0 Å². The van der Waals surface area contributed by atoms with Gasteiger partial charge in [0.05, 0.1) is 0 Å². The zero-order chi connectivity index (χ0) is 19.4. The van der Waals surface area contributed by atoms with E-state index in [0.717, 1.165) is 5.56 Å². The fraction of sp³-hybridized carbons (Fsp3) is 0.167. The Morgan fingerprint density at radius 1 is 1.19 bits per heavy atom. The number of fused-ring (bicyclic) bond motifs is 1. The van der Waals surface area contributed by atoms with Gasteiger partial charge in [-0.3, -0.25) is 15.1 Å². The first-order valence-corrected chi connectivity index (χ1v) is 9.01. The maximum absolute atomic E-state index is 12.6. The molecule has 2 aromatic heterocycles. The average molecular weight is 427 g/mol. The van der Waals surface area contributed by atoms with Crippen molar-refractivity contribution in [1.82, 2.24) is 15.6 Å². The molecule has 6 nitrogen and oxygen atoms in total. The van der Waals surface area contributed by atoms with Crippen LogP contribution in [0, 0.1) is 0 Å². The number of hydrogen-bond donors (Lipinski definition) is 2. The van der Waals surface area contributed by atoms with E-state index in [2.05, 4.69) is 15.6 Å². The molecule has 0 saturated carbocycles. The van der Waals surface area contributed by atoms with E-state index in [1.54, 1.807) is 42.7 Å². The number of alkyl halides is 3. The van der Waals surface area contributed by atoms with Crippen LogP contribution >= 0.6 is 34.8 Å². The van der Waals surface area contributed by atoms with E-state index in [1.807, 2.05) is 6.07 Å². The van der Waals surface area contributed by atoms with E-state index in [4.69, 9.17) is 39.2 Å². The number of hydrogen-bond acceptors (Lipinski definition) is 5. The summed E-state index contributed by atoms with van der Waals surface area (Å²) in [5.41, 5.74) is 0.251. The van der Waals surface area contributed by atoms with Crippen molar-refractivity contribution >= 4 is 51.7 Å². The topological polar surface area (TPSA) is 84.2 Å². The Morgan fingerprint density at radius 2 is 1.96 bits per heavy atom. The van der Waals surface area contributed by atoms with Crippen LogP contribution < -0.4 is 16.3 Å². The normalized spacial score (nSPS) is 12.7. The van der Waals surface area contributed by atoms with Gasteiger partial charge in [-0.1, -0.05) is 59.1 Å². The smallest absolute Gasteiger partial charge is 0.349 e. The predicted octanol–water partition coefficient (Wildman–Crippen LogP) is 3.40. The third kappa shape index (κ3) is 4.99. The lowest BCUT2D eigenvalue weighted by molar-refractivity contribution is 0.0925. The number of nitrogens with one attached hydrogen (secondary N) is 2. The Bertz CT molecular complexity index is 1000. The zero-order valence-electron chi connectivity index (χ0n) is 13.8. The van der Waals surface area contributed by atoms with Gasteiger partial charge in [0, 0.05) is 24.3 Å². The molecule has 1 unspecified atom stereocenters. The quantitative estimate of drug-likeness (QED) is 0.371. The number of halogens is 3. The molecule has 1 amide bonds. The Balaban J connectivity index is 1.80. The summed E-state index contributed by atoms with van der Waals surface area (Å²) in [5.74, 6) is -0.718. The molecular weight excluding hydrogens is 413 g/mol. The summed E-state index contributed by atoms with van der Waals surface area (Å²) < 4.78 is 3.31. The minimum atomic E-state index is -1.85. The molecule has 0 fully saturated rings. The molecule has 3 aromatic rings. The number of nitrogens with zero attached hydrogens (tertiary/aromatic N) is 1. The summed E-state index contributed by atoms with van der Waals surface area (Å²) >= 11 is 17.9. The van der Waals surface area contributed by atoms with E-state index in [0.29, 0.717) is 17.5 Å². The van der Waals surface area contributed by atoms with Crippen molar-refractivity contribution in [3.8, 4) is 0 Å². The zero-order valence-corrected chi connectivity index (χ0v) is 16.1. The molecule has 2 heterocycles. The van der Waals surface area contributed by atoms with Crippen LogP contribution in [-0.4, -0.2) is 20.8 Å². The maximum Gasteiger partial charge on any atom is 0.349 e. The van der Waals surface area contributed by atoms with Gasteiger partial charge in [-0.2, -0.15) is 0 Å². The number of para-hydroxylation sites is 1. The van der Waals surface area contributed by atoms with Gasteiger partial charge in [-0.05, 0) is 23.8 Å². The lowest BCUT2D eigenvalue weighted by Crippen LogP contribution is -2.53. The van der Waals surface area contributed by atoms with Crippen molar-refractivity contribution in [3.63, 3.8) is 0 Å². The molecule has 1 aromatic carbocycles. The molecule has 2 N–H and O–H groups in total. The van der Waals surface area contributed by atoms with Gasteiger partial charge < -0.3 is 9.73 Å². The molecule has 0 saturated heterocycles. The highest BCUT2D eigenvalue weighted by molar-refractivity contribution is 6.68. The number of benzene rings is 1. The van der Waals surface area contributed by atoms with Gasteiger partial charge in [0.1, 0.15) is 17.3 Å². The van der Waals surface area contributed by atoms with Crippen LogP contribution in [0.2, 0.25) is 0 Å². The predicted molar refractivity (Wildman–Crippen MR) is 105 cm³/mol. The molecular formula is C18H14Cl3N3O3. The third-order valence-corrected chi connectivity index (χ3v) is 4.38. The van der Waals surface area contributed by atoms with Crippen LogP contribution in [0.1, 0.15) is 15.9 Å². The highest BCUT2D eigenvalue weighted by atomic mass is 35.6. The summed E-state index contributed by atoms with van der Waals surface area (Å²) in [7, 11) is 0. The Hall–Kier alpha value is -2.12. The molecule has 3 rings (SSSR count). The molecule has 0 aliphatic carbocycles. The SMILES string of the molecule is O=C(NC(NCc1cccnc1)C(Cl)(Cl)Cl)c1cc2ccccc2oc1=O. The van der Waals surface area contributed by atoms with E-state index in [-0.39, 0.29) is 5.56 Å². The van der Waals surface area contributed by atoms with Crippen molar-refractivity contribution in [3.05, 3.63) is 76.4 Å². The molecule has 27 heavy (non-hydrogen) atoms. The molecule has 1 atom stereocenters. The van der Waals surface area contributed by atoms with Gasteiger partial charge >= 0.3 is 5.63 Å². The number of pyridine rings is 1. The van der Waals surface area contributed by atoms with E-state index in [9.17, 15) is 9.59 Å². The van der Waals surface area contributed by atoms with Crippen molar-refractivity contribution in [2.45, 2.75) is 16.5 Å². The highest BCUT2D eigenvalue weighted by Gasteiger charge is 2.34. The van der Waals surface area contributed by atoms with Crippen LogP contribution in [0.15, 0.2) is 64.1 Å². The van der Waals surface area contributed by atoms with Gasteiger partial charge in [-0.25, -0.2) is 4.79 Å². The Labute approximate surface area is 169 Å². The van der Waals surface area contributed by atoms with Gasteiger partial charge in [0.15, 0.2) is 0 Å². The van der Waals surface area contributed by atoms with E-state index >= 15 is 0 Å². The summed E-state index contributed by atoms with van der Waals surface area (Å²) in [4.78, 5) is 28.7. The lowest BCUT2D eigenvalue weighted by atomic mass is 10.2. The van der Waals surface area contributed by atoms with Gasteiger partial charge in [0.2, 0.25) is 3.79 Å². The number of carbonyl (C=O) groups excluding carboxylic acids is 1. The van der Waals surface area contributed by atoms with Crippen LogP contribution in [0.25, 0.3) is 11.0 Å². The second-order valence-corrected chi connectivity index (χ2v) is 8.04. The molecule has 0 bridgehead atoms. The molecule has 0 aliphatic rings. The number of rotatable bonds is 5. The maximum atomic E-state index is 12.6. The van der Waals surface area contributed by atoms with E-state index in [1.165, 1.54) is 6.07 Å². The second kappa shape index (κ2) is 8.27. The first-order chi connectivity index (χ1) is 12.8. The second-order valence-electron chi connectivity index (χ2n) is 5.68. The first-order valence-electron chi connectivity index (χ1n) is 7.87. The number of amides is 1. The molecule has 140 valence electrons. The summed E-state index contributed by atoms with van der Waals surface area (Å²) in [6.07, 6.45) is 2.22. The molecule has 9 heteroatoms. The van der Waals surface area contributed by atoms with Gasteiger partial charge in [-0.15, -0.1) is 0 Å². The van der Waals surface area contributed by atoms with Crippen molar-refractivity contribution in [1.29, 1.82) is 0 Å². The molecule has 0 spiro atoms. The highest BCUT2D eigenvalue weighted by Crippen LogP contribution is 2.29. The van der Waals surface area contributed by atoms with Crippen LogP contribution in [-0.2, 0) is 6.54 Å². The first kappa shape index (κ1) is 19.6. The molecule has 0 aliphatic heterocycles. The van der Waals surface area contributed by atoms with Crippen molar-refractivity contribution in [2.75, 3.05) is 0 Å². The monoisotopic (exact) mass is 425 g/mol. The van der Waals surface area contributed by atoms with Gasteiger partial charge in [0.25, 0.3) is 5.91 Å². The number of aromatic nitrogens is 1. The third-order valence-electron chi connectivity index (χ3n) is 3.72. The van der Waals surface area contributed by atoms with Crippen molar-refractivity contribution in [2.24, 2.45) is 0 Å².